The number of nitrogens with zero attached hydrogens (tertiary/aromatic N) is 1. The van der Waals surface area contributed by atoms with Gasteiger partial charge in [-0.2, -0.15) is 0 Å². The first-order valence-corrected chi connectivity index (χ1v) is 10.9. The van der Waals surface area contributed by atoms with Crippen LogP contribution in [0.4, 0.5) is 0 Å². The predicted molar refractivity (Wildman–Crippen MR) is 102 cm³/mol. The molecular formula is C18H29N3O5S. The summed E-state index contributed by atoms with van der Waals surface area (Å²) in [5.74, 6) is -0.594. The number of piperidine rings is 1. The fourth-order valence-electron chi connectivity index (χ4n) is 3.45. The molecule has 0 aliphatic carbocycles. The number of carbonyl (C=O) groups is 2. The van der Waals surface area contributed by atoms with Crippen molar-refractivity contribution >= 4 is 21.9 Å². The van der Waals surface area contributed by atoms with Gasteiger partial charge in [-0.1, -0.05) is 13.8 Å². The second-order valence-corrected chi connectivity index (χ2v) is 8.87. The van der Waals surface area contributed by atoms with E-state index in [-0.39, 0.29) is 17.7 Å². The lowest BCUT2D eigenvalue weighted by atomic mass is 10.1. The molecule has 1 aromatic heterocycles. The van der Waals surface area contributed by atoms with E-state index in [1.165, 1.54) is 11.4 Å². The van der Waals surface area contributed by atoms with Gasteiger partial charge in [-0.25, -0.2) is 17.5 Å². The molecule has 0 unspecified atom stereocenters. The van der Waals surface area contributed by atoms with Crippen LogP contribution in [0.5, 0.6) is 0 Å². The maximum Gasteiger partial charge on any atom is 0.339 e. The third-order valence-electron chi connectivity index (χ3n) is 4.94. The molecule has 2 N–H and O–H groups in total. The molecule has 27 heavy (non-hydrogen) atoms. The van der Waals surface area contributed by atoms with Crippen LogP contribution in [0.1, 0.15) is 65.2 Å². The Bertz CT molecular complexity index is 792. The number of hydrogen-bond acceptors (Lipinski definition) is 5. The molecule has 0 bridgehead atoms. The van der Waals surface area contributed by atoms with Crippen LogP contribution in [0.3, 0.4) is 0 Å². The van der Waals surface area contributed by atoms with Gasteiger partial charge in [0.2, 0.25) is 10.0 Å². The van der Waals surface area contributed by atoms with Crippen LogP contribution in [0.15, 0.2) is 0 Å². The van der Waals surface area contributed by atoms with Gasteiger partial charge in [0.05, 0.1) is 18.4 Å². The van der Waals surface area contributed by atoms with Gasteiger partial charge in [-0.3, -0.25) is 4.79 Å². The summed E-state index contributed by atoms with van der Waals surface area (Å²) < 4.78 is 30.6. The zero-order valence-electron chi connectivity index (χ0n) is 16.4. The molecule has 0 saturated carbocycles. The average Bonchev–Trinajstić information content (AvgIpc) is 2.98. The first-order valence-electron chi connectivity index (χ1n) is 9.33. The van der Waals surface area contributed by atoms with Crippen molar-refractivity contribution in [1.29, 1.82) is 0 Å². The number of nitrogens with one attached hydrogen (secondary N) is 2. The van der Waals surface area contributed by atoms with E-state index in [1.807, 2.05) is 13.8 Å². The van der Waals surface area contributed by atoms with Crippen LogP contribution in [0, 0.1) is 6.92 Å². The number of aromatic amines is 1. The maximum atomic E-state index is 12.7. The van der Waals surface area contributed by atoms with Crippen LogP contribution in [0.25, 0.3) is 0 Å². The number of sulfonamides is 1. The highest BCUT2D eigenvalue weighted by atomic mass is 32.2. The minimum atomic E-state index is -3.20. The minimum Gasteiger partial charge on any atom is -0.465 e. The summed E-state index contributed by atoms with van der Waals surface area (Å²) in [4.78, 5) is 27.7. The van der Waals surface area contributed by atoms with Gasteiger partial charge in [0.1, 0.15) is 5.69 Å². The SMILES string of the molecule is CCCS(=O)(=O)N1CCC(NC(=O)c2[nH]c(CC)c(C(=O)OC)c2C)CC1. The van der Waals surface area contributed by atoms with E-state index in [0.29, 0.717) is 61.3 Å². The van der Waals surface area contributed by atoms with Crippen LogP contribution in [-0.2, 0) is 21.2 Å². The van der Waals surface area contributed by atoms with Crippen molar-refractivity contribution in [2.75, 3.05) is 26.0 Å². The van der Waals surface area contributed by atoms with Crippen molar-refractivity contribution < 1.29 is 22.7 Å². The van der Waals surface area contributed by atoms with Crippen LogP contribution in [0.2, 0.25) is 0 Å². The molecule has 0 spiro atoms. The maximum absolute atomic E-state index is 12.7. The molecule has 1 aliphatic rings. The van der Waals surface area contributed by atoms with Crippen LogP contribution in [-0.4, -0.2) is 61.6 Å². The lowest BCUT2D eigenvalue weighted by Crippen LogP contribution is -2.47. The van der Waals surface area contributed by atoms with Crippen molar-refractivity contribution in [3.8, 4) is 0 Å². The third kappa shape index (κ3) is 4.70. The molecule has 152 valence electrons. The average molecular weight is 400 g/mol. The number of ether oxygens (including phenoxy) is 1. The molecule has 1 amide bonds. The third-order valence-corrected chi connectivity index (χ3v) is 7.02. The molecular weight excluding hydrogens is 370 g/mol. The summed E-state index contributed by atoms with van der Waals surface area (Å²) in [5.41, 5.74) is 2.00. The van der Waals surface area contributed by atoms with E-state index >= 15 is 0 Å². The fourth-order valence-corrected chi connectivity index (χ4v) is 4.99. The van der Waals surface area contributed by atoms with E-state index in [0.717, 1.165) is 0 Å². The fraction of sp³-hybridized carbons (Fsp3) is 0.667. The Hall–Kier alpha value is -1.87. The van der Waals surface area contributed by atoms with Gasteiger partial charge in [0.25, 0.3) is 5.91 Å². The monoisotopic (exact) mass is 399 g/mol. The van der Waals surface area contributed by atoms with E-state index in [2.05, 4.69) is 10.3 Å². The Morgan fingerprint density at radius 1 is 1.26 bits per heavy atom. The predicted octanol–water partition coefficient (Wildman–Crippen LogP) is 1.61. The lowest BCUT2D eigenvalue weighted by Gasteiger charge is -2.31. The first-order chi connectivity index (χ1) is 12.7. The molecule has 1 aromatic rings. The molecule has 8 nitrogen and oxygen atoms in total. The number of H-pyrrole nitrogens is 1. The van der Waals surface area contributed by atoms with E-state index < -0.39 is 16.0 Å². The normalized spacial score (nSPS) is 16.3. The van der Waals surface area contributed by atoms with E-state index in [4.69, 9.17) is 4.74 Å². The van der Waals surface area contributed by atoms with Crippen molar-refractivity contribution in [2.45, 2.75) is 52.5 Å². The van der Waals surface area contributed by atoms with Gasteiger partial charge in [0.15, 0.2) is 0 Å². The molecule has 1 aliphatic heterocycles. The number of rotatable bonds is 7. The lowest BCUT2D eigenvalue weighted by molar-refractivity contribution is 0.0599. The van der Waals surface area contributed by atoms with Gasteiger partial charge in [0, 0.05) is 24.8 Å². The Kier molecular flexibility index (Phi) is 7.05. The Balaban J connectivity index is 2.05. The van der Waals surface area contributed by atoms with E-state index in [9.17, 15) is 18.0 Å². The number of carbonyl (C=O) groups excluding carboxylic acids is 2. The van der Waals surface area contributed by atoms with Crippen molar-refractivity contribution in [3.63, 3.8) is 0 Å². The second kappa shape index (κ2) is 8.88. The van der Waals surface area contributed by atoms with Gasteiger partial charge < -0.3 is 15.0 Å². The Labute approximate surface area is 160 Å². The number of aromatic nitrogens is 1. The summed E-state index contributed by atoms with van der Waals surface area (Å²) in [6.07, 6.45) is 2.30. The summed E-state index contributed by atoms with van der Waals surface area (Å²) in [6, 6.07) is -0.0973. The zero-order valence-corrected chi connectivity index (χ0v) is 17.2. The molecule has 0 radical (unpaired) electrons. The summed E-state index contributed by atoms with van der Waals surface area (Å²) >= 11 is 0. The second-order valence-electron chi connectivity index (χ2n) is 6.79. The standard InChI is InChI=1S/C18H29N3O5S/c1-5-11-27(24,25)21-9-7-13(8-10-21)19-17(22)16-12(3)15(18(23)26-4)14(6-2)20-16/h13,20H,5-11H2,1-4H3,(H,19,22). The first kappa shape index (κ1) is 21.4. The van der Waals surface area contributed by atoms with Crippen molar-refractivity contribution in [3.05, 3.63) is 22.5 Å². The number of esters is 1. The highest BCUT2D eigenvalue weighted by Crippen LogP contribution is 2.21. The molecule has 1 saturated heterocycles. The van der Waals surface area contributed by atoms with Crippen molar-refractivity contribution in [2.24, 2.45) is 0 Å². The minimum absolute atomic E-state index is 0.0973. The molecule has 2 rings (SSSR count). The van der Waals surface area contributed by atoms with Gasteiger partial charge in [-0.15, -0.1) is 0 Å². The Morgan fingerprint density at radius 3 is 2.41 bits per heavy atom. The van der Waals surface area contributed by atoms with Gasteiger partial charge in [-0.05, 0) is 38.2 Å². The number of amides is 1. The highest BCUT2D eigenvalue weighted by molar-refractivity contribution is 7.89. The summed E-state index contributed by atoms with van der Waals surface area (Å²) in [5, 5.41) is 2.96. The van der Waals surface area contributed by atoms with Gasteiger partial charge >= 0.3 is 5.97 Å². The number of aryl methyl sites for hydroxylation is 1. The molecule has 0 atom stereocenters. The number of methoxy groups -OCH3 is 1. The summed E-state index contributed by atoms with van der Waals surface area (Å²) in [6.45, 7) is 6.27. The highest BCUT2D eigenvalue weighted by Gasteiger charge is 2.29. The van der Waals surface area contributed by atoms with E-state index in [1.54, 1.807) is 6.92 Å². The van der Waals surface area contributed by atoms with Crippen molar-refractivity contribution in [1.82, 2.24) is 14.6 Å². The topological polar surface area (TPSA) is 109 Å². The van der Waals surface area contributed by atoms with Crippen LogP contribution < -0.4 is 5.32 Å². The summed E-state index contributed by atoms with van der Waals surface area (Å²) in [7, 11) is -1.89. The largest absolute Gasteiger partial charge is 0.465 e. The van der Waals surface area contributed by atoms with Crippen LogP contribution >= 0.6 is 0 Å². The number of hydrogen-bond donors (Lipinski definition) is 2. The molecule has 2 heterocycles. The molecule has 1 fully saturated rings. The molecule has 0 aromatic carbocycles. The smallest absolute Gasteiger partial charge is 0.339 e. The quantitative estimate of drug-likeness (QED) is 0.677. The molecule has 9 heteroatoms. The zero-order chi connectivity index (χ0) is 20.2. The Morgan fingerprint density at radius 2 is 1.89 bits per heavy atom.